The monoisotopic (exact) mass is 615 g/mol. The van der Waals surface area contributed by atoms with Crippen molar-refractivity contribution in [2.75, 3.05) is 30.3 Å². The number of hydrogen-bond donors (Lipinski definition) is 1. The second kappa shape index (κ2) is 15.6. The van der Waals surface area contributed by atoms with E-state index >= 15 is 0 Å². The number of carbonyl (C=O) groups is 2. The predicted octanol–water partition coefficient (Wildman–Crippen LogP) is 5.48. The molecule has 0 fully saturated rings. The highest BCUT2D eigenvalue weighted by molar-refractivity contribution is 7.98. The summed E-state index contributed by atoms with van der Waals surface area (Å²) in [6.45, 7) is 5.88. The molecule has 0 bridgehead atoms. The number of amides is 2. The van der Waals surface area contributed by atoms with Crippen LogP contribution in [0.3, 0.4) is 0 Å². The Hall–Kier alpha value is -3.57. The van der Waals surface area contributed by atoms with E-state index in [-0.39, 0.29) is 23.0 Å². The minimum atomic E-state index is -4.19. The molecule has 226 valence electrons. The van der Waals surface area contributed by atoms with E-state index in [1.165, 1.54) is 40.9 Å². The van der Waals surface area contributed by atoms with Gasteiger partial charge in [0.1, 0.15) is 24.2 Å². The van der Waals surface area contributed by atoms with Crippen LogP contribution in [0.25, 0.3) is 0 Å². The third-order valence-electron chi connectivity index (χ3n) is 6.56. The molecule has 0 saturated heterocycles. The van der Waals surface area contributed by atoms with Gasteiger partial charge in [0.25, 0.3) is 10.0 Å². The molecule has 42 heavy (non-hydrogen) atoms. The van der Waals surface area contributed by atoms with Gasteiger partial charge in [0.2, 0.25) is 11.8 Å². The van der Waals surface area contributed by atoms with Crippen molar-refractivity contribution in [3.05, 3.63) is 84.2 Å². The molecule has 2 amide bonds. The van der Waals surface area contributed by atoms with E-state index in [2.05, 4.69) is 5.32 Å². The van der Waals surface area contributed by atoms with Crippen LogP contribution in [0.15, 0.2) is 82.6 Å². The molecule has 8 nitrogen and oxygen atoms in total. The Morgan fingerprint density at radius 3 is 2.14 bits per heavy atom. The maximum atomic E-state index is 14.1. The van der Waals surface area contributed by atoms with E-state index in [4.69, 9.17) is 4.74 Å². The predicted molar refractivity (Wildman–Crippen MR) is 165 cm³/mol. The van der Waals surface area contributed by atoms with Gasteiger partial charge in [-0.25, -0.2) is 12.8 Å². The molecule has 3 rings (SSSR count). The van der Waals surface area contributed by atoms with Crippen LogP contribution >= 0.6 is 11.8 Å². The third-order valence-corrected chi connectivity index (χ3v) is 9.09. The van der Waals surface area contributed by atoms with Gasteiger partial charge in [0.05, 0.1) is 17.2 Å². The molecule has 0 spiro atoms. The van der Waals surface area contributed by atoms with Crippen LogP contribution in [0.2, 0.25) is 0 Å². The van der Waals surface area contributed by atoms with Gasteiger partial charge < -0.3 is 15.0 Å². The molecule has 0 aliphatic rings. The van der Waals surface area contributed by atoms with Crippen LogP contribution in [0, 0.1) is 5.82 Å². The lowest BCUT2D eigenvalue weighted by molar-refractivity contribution is -0.140. The Balaban J connectivity index is 2.05. The first-order chi connectivity index (χ1) is 20.1. The number of ether oxygens (including phenoxy) is 1. The van der Waals surface area contributed by atoms with Crippen LogP contribution < -0.4 is 14.4 Å². The van der Waals surface area contributed by atoms with Crippen molar-refractivity contribution in [1.82, 2.24) is 10.2 Å². The summed E-state index contributed by atoms with van der Waals surface area (Å²) in [7, 11) is -4.19. The van der Waals surface area contributed by atoms with Crippen LogP contribution in [-0.2, 0) is 26.2 Å². The zero-order valence-electron chi connectivity index (χ0n) is 24.4. The molecule has 3 aromatic rings. The molecule has 0 aliphatic carbocycles. The van der Waals surface area contributed by atoms with Gasteiger partial charge in [-0.2, -0.15) is 0 Å². The summed E-state index contributed by atoms with van der Waals surface area (Å²) in [6.07, 6.45) is 2.91. The second-order valence-corrected chi connectivity index (χ2v) is 12.2. The Morgan fingerprint density at radius 1 is 0.952 bits per heavy atom. The molecule has 0 saturated carbocycles. The van der Waals surface area contributed by atoms with Crippen molar-refractivity contribution in [2.24, 2.45) is 0 Å². The number of sulfonamides is 1. The van der Waals surface area contributed by atoms with E-state index in [1.807, 2.05) is 20.1 Å². The molecule has 0 aliphatic heterocycles. The van der Waals surface area contributed by atoms with E-state index in [0.29, 0.717) is 37.3 Å². The molecule has 0 radical (unpaired) electrons. The lowest BCUT2D eigenvalue weighted by Crippen LogP contribution is -2.52. The number of anilines is 1. The Morgan fingerprint density at radius 2 is 1.60 bits per heavy atom. The Kier molecular flexibility index (Phi) is 12.2. The van der Waals surface area contributed by atoms with E-state index in [9.17, 15) is 22.4 Å². The highest BCUT2D eigenvalue weighted by atomic mass is 32.2. The largest absolute Gasteiger partial charge is 0.494 e. The van der Waals surface area contributed by atoms with Crippen LogP contribution in [0.5, 0.6) is 5.75 Å². The summed E-state index contributed by atoms with van der Waals surface area (Å²) in [4.78, 5) is 29.5. The third kappa shape index (κ3) is 8.48. The maximum absolute atomic E-state index is 14.1. The fourth-order valence-corrected chi connectivity index (χ4v) is 6.17. The van der Waals surface area contributed by atoms with Crippen molar-refractivity contribution in [2.45, 2.75) is 56.0 Å². The zero-order chi connectivity index (χ0) is 30.7. The zero-order valence-corrected chi connectivity index (χ0v) is 26.0. The van der Waals surface area contributed by atoms with Gasteiger partial charge in [0.15, 0.2) is 0 Å². The number of thioether (sulfide) groups is 1. The van der Waals surface area contributed by atoms with Crippen molar-refractivity contribution in [3.8, 4) is 5.75 Å². The molecule has 1 N–H and O–H groups in total. The first kappa shape index (κ1) is 32.9. The van der Waals surface area contributed by atoms with Gasteiger partial charge in [-0.3, -0.25) is 13.9 Å². The Bertz CT molecular complexity index is 1420. The summed E-state index contributed by atoms with van der Waals surface area (Å²) < 4.78 is 48.2. The minimum Gasteiger partial charge on any atom is -0.494 e. The average Bonchev–Trinajstić information content (AvgIpc) is 3.00. The summed E-state index contributed by atoms with van der Waals surface area (Å²) >= 11 is 1.48. The standard InChI is InChI=1S/C31H38FN3O5S2/c1-5-20-33-31(37)29(6-2)34(21-23-8-10-24(32)11-9-23)30(36)22-35(25-12-14-26(15-13-25)40-7-3)42(38,39)28-18-16-27(41-4)17-19-28/h8-19,29H,5-7,20-22H2,1-4H3,(H,33,37)/t29-/m0/s1. The van der Waals surface area contributed by atoms with Gasteiger partial charge in [0, 0.05) is 18.0 Å². The summed E-state index contributed by atoms with van der Waals surface area (Å²) in [6, 6.07) is 17.7. The maximum Gasteiger partial charge on any atom is 0.264 e. The number of nitrogens with zero attached hydrogens (tertiary/aromatic N) is 2. The van der Waals surface area contributed by atoms with Gasteiger partial charge in [-0.15, -0.1) is 11.8 Å². The summed E-state index contributed by atoms with van der Waals surface area (Å²) in [5.41, 5.74) is 0.876. The van der Waals surface area contributed by atoms with E-state index < -0.39 is 34.3 Å². The molecule has 0 unspecified atom stereocenters. The molecule has 11 heteroatoms. The smallest absolute Gasteiger partial charge is 0.264 e. The molecule has 3 aromatic carbocycles. The van der Waals surface area contributed by atoms with Crippen LogP contribution in [-0.4, -0.2) is 57.1 Å². The lowest BCUT2D eigenvalue weighted by Gasteiger charge is -2.33. The first-order valence-electron chi connectivity index (χ1n) is 13.9. The van der Waals surface area contributed by atoms with Crippen molar-refractivity contribution in [3.63, 3.8) is 0 Å². The van der Waals surface area contributed by atoms with Gasteiger partial charge in [-0.1, -0.05) is 26.0 Å². The number of halogens is 1. The van der Waals surface area contributed by atoms with Gasteiger partial charge >= 0.3 is 0 Å². The highest BCUT2D eigenvalue weighted by Gasteiger charge is 2.33. The van der Waals surface area contributed by atoms with Gasteiger partial charge in [-0.05, 0) is 92.2 Å². The quantitative estimate of drug-likeness (QED) is 0.228. The molecular weight excluding hydrogens is 577 g/mol. The Labute approximate surface area is 252 Å². The lowest BCUT2D eigenvalue weighted by atomic mass is 10.1. The SMILES string of the molecule is CCCNC(=O)[C@H](CC)N(Cc1ccc(F)cc1)C(=O)CN(c1ccc(OCC)cc1)S(=O)(=O)c1ccc(SC)cc1. The van der Waals surface area contributed by atoms with Crippen molar-refractivity contribution in [1.29, 1.82) is 0 Å². The number of rotatable bonds is 15. The molecule has 1 atom stereocenters. The van der Waals surface area contributed by atoms with Crippen LogP contribution in [0.1, 0.15) is 39.2 Å². The molecule has 0 heterocycles. The highest BCUT2D eigenvalue weighted by Crippen LogP contribution is 2.28. The van der Waals surface area contributed by atoms with E-state index in [0.717, 1.165) is 9.20 Å². The fourth-order valence-electron chi connectivity index (χ4n) is 4.35. The summed E-state index contributed by atoms with van der Waals surface area (Å²) in [5.74, 6) is -0.774. The van der Waals surface area contributed by atoms with E-state index in [1.54, 1.807) is 55.5 Å². The van der Waals surface area contributed by atoms with Crippen molar-refractivity contribution >= 4 is 39.3 Å². The normalized spacial score (nSPS) is 11.9. The average molecular weight is 616 g/mol. The van der Waals surface area contributed by atoms with Crippen molar-refractivity contribution < 1.29 is 27.1 Å². The fraction of sp³-hybridized carbons (Fsp3) is 0.355. The molecule has 0 aromatic heterocycles. The first-order valence-corrected chi connectivity index (χ1v) is 16.5. The molecular formula is C31H38FN3O5S2. The second-order valence-electron chi connectivity index (χ2n) is 9.48. The number of hydrogen-bond acceptors (Lipinski definition) is 6. The minimum absolute atomic E-state index is 0.00322. The summed E-state index contributed by atoms with van der Waals surface area (Å²) in [5, 5.41) is 2.84. The number of carbonyl (C=O) groups excluding carboxylic acids is 2. The topological polar surface area (TPSA) is 96.0 Å². The number of nitrogens with one attached hydrogen (secondary N) is 1. The number of benzene rings is 3. The van der Waals surface area contributed by atoms with Crippen LogP contribution in [0.4, 0.5) is 10.1 Å².